The molecule has 150 valence electrons. The largest absolute Gasteiger partial charge is 0.462 e. The van der Waals surface area contributed by atoms with Crippen LogP contribution in [0.15, 0.2) is 65.2 Å². The van der Waals surface area contributed by atoms with E-state index >= 15 is 0 Å². The Morgan fingerprint density at radius 2 is 1.80 bits per heavy atom. The van der Waals surface area contributed by atoms with Crippen molar-refractivity contribution in [3.63, 3.8) is 0 Å². The number of pyridine rings is 1. The number of anilines is 1. The van der Waals surface area contributed by atoms with Gasteiger partial charge in [0, 0.05) is 11.3 Å². The number of aromatic nitrogens is 2. The highest BCUT2D eigenvalue weighted by Gasteiger charge is 2.19. The third kappa shape index (κ3) is 3.77. The van der Waals surface area contributed by atoms with Crippen LogP contribution >= 0.6 is 0 Å². The van der Waals surface area contributed by atoms with Gasteiger partial charge in [-0.15, -0.1) is 0 Å². The van der Waals surface area contributed by atoms with E-state index < -0.39 is 5.97 Å². The van der Waals surface area contributed by atoms with Crippen molar-refractivity contribution < 1.29 is 18.8 Å². The van der Waals surface area contributed by atoms with Crippen LogP contribution in [0.1, 0.15) is 33.3 Å². The maximum atomic E-state index is 13.1. The summed E-state index contributed by atoms with van der Waals surface area (Å²) in [5.74, 6) is -0.728. The summed E-state index contributed by atoms with van der Waals surface area (Å²) in [6.07, 6.45) is 0. The van der Waals surface area contributed by atoms with Gasteiger partial charge in [0.1, 0.15) is 0 Å². The fourth-order valence-corrected chi connectivity index (χ4v) is 3.13. The van der Waals surface area contributed by atoms with Crippen molar-refractivity contribution in [3.05, 3.63) is 77.5 Å². The molecular weight excluding hydrogens is 382 g/mol. The summed E-state index contributed by atoms with van der Waals surface area (Å²) in [6, 6.07) is 17.8. The standard InChI is InChI=1S/C23H19N3O4/c1-3-29-23(28)16-9-11-17(12-10-16)24-21(27)18-13-19(15-7-5-4-6-8-15)25-22-20(18)14(2)26-30-22/h4-13H,3H2,1-2H3,(H,24,27). The van der Waals surface area contributed by atoms with Gasteiger partial charge < -0.3 is 14.6 Å². The Hall–Kier alpha value is -4.00. The zero-order chi connectivity index (χ0) is 21.1. The lowest BCUT2D eigenvalue weighted by atomic mass is 10.0. The van der Waals surface area contributed by atoms with Crippen molar-refractivity contribution >= 4 is 28.7 Å². The quantitative estimate of drug-likeness (QED) is 0.490. The summed E-state index contributed by atoms with van der Waals surface area (Å²) in [6.45, 7) is 3.82. The predicted molar refractivity (Wildman–Crippen MR) is 112 cm³/mol. The minimum atomic E-state index is -0.404. The van der Waals surface area contributed by atoms with E-state index in [2.05, 4.69) is 15.5 Å². The van der Waals surface area contributed by atoms with Crippen molar-refractivity contribution in [2.24, 2.45) is 0 Å². The Labute approximate surface area is 172 Å². The summed E-state index contributed by atoms with van der Waals surface area (Å²) in [5.41, 5.74) is 3.74. The number of rotatable bonds is 5. The first-order valence-electron chi connectivity index (χ1n) is 9.48. The van der Waals surface area contributed by atoms with Crippen LogP contribution in [-0.4, -0.2) is 28.6 Å². The Bertz CT molecular complexity index is 1210. The van der Waals surface area contributed by atoms with Crippen LogP contribution in [0.3, 0.4) is 0 Å². The predicted octanol–water partition coefficient (Wildman–Crippen LogP) is 4.63. The first-order chi connectivity index (χ1) is 14.6. The number of fused-ring (bicyclic) bond motifs is 1. The first-order valence-corrected chi connectivity index (χ1v) is 9.48. The van der Waals surface area contributed by atoms with Crippen molar-refractivity contribution in [2.45, 2.75) is 13.8 Å². The molecule has 30 heavy (non-hydrogen) atoms. The molecule has 0 fully saturated rings. The second-order valence-corrected chi connectivity index (χ2v) is 6.62. The van der Waals surface area contributed by atoms with Gasteiger partial charge in [0.25, 0.3) is 11.6 Å². The SMILES string of the molecule is CCOC(=O)c1ccc(NC(=O)c2cc(-c3ccccc3)nc3onc(C)c23)cc1. The van der Waals surface area contributed by atoms with Crippen LogP contribution in [0, 0.1) is 6.92 Å². The Kier molecular flexibility index (Phi) is 5.26. The number of aryl methyl sites for hydroxylation is 1. The molecule has 0 aliphatic rings. The van der Waals surface area contributed by atoms with Gasteiger partial charge in [-0.3, -0.25) is 4.79 Å². The molecule has 0 bridgehead atoms. The maximum Gasteiger partial charge on any atom is 0.338 e. The van der Waals surface area contributed by atoms with Gasteiger partial charge in [-0.25, -0.2) is 9.78 Å². The lowest BCUT2D eigenvalue weighted by Crippen LogP contribution is -2.13. The molecule has 0 aliphatic carbocycles. The average Bonchev–Trinajstić information content (AvgIpc) is 3.15. The molecule has 4 rings (SSSR count). The highest BCUT2D eigenvalue weighted by Crippen LogP contribution is 2.27. The van der Waals surface area contributed by atoms with Gasteiger partial charge in [0.05, 0.1) is 34.5 Å². The molecule has 1 amide bonds. The minimum Gasteiger partial charge on any atom is -0.462 e. The van der Waals surface area contributed by atoms with Gasteiger partial charge in [0.2, 0.25) is 0 Å². The lowest BCUT2D eigenvalue weighted by Gasteiger charge is -2.09. The molecule has 4 aromatic rings. The zero-order valence-corrected chi connectivity index (χ0v) is 16.5. The third-order valence-corrected chi connectivity index (χ3v) is 4.59. The number of esters is 1. The molecule has 7 heteroatoms. The lowest BCUT2D eigenvalue weighted by molar-refractivity contribution is 0.0526. The van der Waals surface area contributed by atoms with Crippen LogP contribution in [0.2, 0.25) is 0 Å². The summed E-state index contributed by atoms with van der Waals surface area (Å²) < 4.78 is 10.3. The summed E-state index contributed by atoms with van der Waals surface area (Å²) in [7, 11) is 0. The van der Waals surface area contributed by atoms with E-state index in [9.17, 15) is 9.59 Å². The summed E-state index contributed by atoms with van der Waals surface area (Å²) in [5, 5.41) is 7.38. The summed E-state index contributed by atoms with van der Waals surface area (Å²) in [4.78, 5) is 29.4. The zero-order valence-electron chi connectivity index (χ0n) is 16.5. The number of carbonyl (C=O) groups excluding carboxylic acids is 2. The van der Waals surface area contributed by atoms with Gasteiger partial charge in [0.15, 0.2) is 0 Å². The van der Waals surface area contributed by atoms with Gasteiger partial charge >= 0.3 is 5.97 Å². The van der Waals surface area contributed by atoms with E-state index in [1.54, 1.807) is 44.2 Å². The molecule has 0 aliphatic heterocycles. The van der Waals surface area contributed by atoms with Crippen LogP contribution in [0.25, 0.3) is 22.4 Å². The molecule has 2 aromatic carbocycles. The van der Waals surface area contributed by atoms with Crippen LogP contribution in [0.5, 0.6) is 0 Å². The number of nitrogens with one attached hydrogen (secondary N) is 1. The normalized spacial score (nSPS) is 10.7. The number of benzene rings is 2. The Balaban J connectivity index is 1.67. The van der Waals surface area contributed by atoms with Crippen LogP contribution < -0.4 is 5.32 Å². The molecule has 2 heterocycles. The number of hydrogen-bond donors (Lipinski definition) is 1. The molecule has 0 spiro atoms. The molecule has 0 saturated carbocycles. The van der Waals surface area contributed by atoms with E-state index in [4.69, 9.17) is 9.26 Å². The fourth-order valence-electron chi connectivity index (χ4n) is 3.13. The first kappa shape index (κ1) is 19.3. The van der Waals surface area contributed by atoms with Crippen LogP contribution in [-0.2, 0) is 4.74 Å². The topological polar surface area (TPSA) is 94.3 Å². The average molecular weight is 401 g/mol. The smallest absolute Gasteiger partial charge is 0.338 e. The van der Waals surface area contributed by atoms with Crippen LogP contribution in [0.4, 0.5) is 5.69 Å². The van der Waals surface area contributed by atoms with E-state index in [1.807, 2.05) is 30.3 Å². The molecule has 2 aromatic heterocycles. The van der Waals surface area contributed by atoms with Crippen molar-refractivity contribution in [1.29, 1.82) is 0 Å². The molecule has 0 unspecified atom stereocenters. The molecule has 0 saturated heterocycles. The van der Waals surface area contributed by atoms with Gasteiger partial charge in [-0.2, -0.15) is 0 Å². The molecule has 1 N–H and O–H groups in total. The minimum absolute atomic E-state index is 0.302. The Morgan fingerprint density at radius 3 is 2.50 bits per heavy atom. The number of carbonyl (C=O) groups is 2. The Morgan fingerprint density at radius 1 is 1.07 bits per heavy atom. The monoisotopic (exact) mass is 401 g/mol. The highest BCUT2D eigenvalue weighted by molar-refractivity contribution is 6.13. The number of hydrogen-bond acceptors (Lipinski definition) is 6. The highest BCUT2D eigenvalue weighted by atomic mass is 16.5. The van der Waals surface area contributed by atoms with Gasteiger partial charge in [-0.05, 0) is 44.2 Å². The van der Waals surface area contributed by atoms with Crippen molar-refractivity contribution in [1.82, 2.24) is 10.1 Å². The van der Waals surface area contributed by atoms with E-state index in [-0.39, 0.29) is 5.91 Å². The van der Waals surface area contributed by atoms with E-state index in [1.165, 1.54) is 0 Å². The molecule has 0 atom stereocenters. The second kappa shape index (κ2) is 8.16. The second-order valence-electron chi connectivity index (χ2n) is 6.62. The number of nitrogens with zero attached hydrogens (tertiary/aromatic N) is 2. The van der Waals surface area contributed by atoms with Crippen molar-refractivity contribution in [2.75, 3.05) is 11.9 Å². The molecule has 0 radical (unpaired) electrons. The third-order valence-electron chi connectivity index (χ3n) is 4.59. The van der Waals surface area contributed by atoms with Crippen molar-refractivity contribution in [3.8, 4) is 11.3 Å². The summed E-state index contributed by atoms with van der Waals surface area (Å²) >= 11 is 0. The number of amides is 1. The maximum absolute atomic E-state index is 13.1. The molecule has 7 nitrogen and oxygen atoms in total. The van der Waals surface area contributed by atoms with E-state index in [0.29, 0.717) is 45.9 Å². The van der Waals surface area contributed by atoms with Gasteiger partial charge in [-0.1, -0.05) is 35.5 Å². The fraction of sp³-hybridized carbons (Fsp3) is 0.130. The van der Waals surface area contributed by atoms with E-state index in [0.717, 1.165) is 5.56 Å². The number of ether oxygens (including phenoxy) is 1. The molecular formula is C23H19N3O4.